The smallest absolute Gasteiger partial charge is 0.119 e. The van der Waals surface area contributed by atoms with Gasteiger partial charge in [0.15, 0.2) is 0 Å². The fourth-order valence-corrected chi connectivity index (χ4v) is 3.84. The van der Waals surface area contributed by atoms with Crippen LogP contribution < -0.4 is 10.1 Å². The average molecular weight is 309 g/mol. The van der Waals surface area contributed by atoms with Crippen molar-refractivity contribution in [1.82, 2.24) is 5.32 Å². The molecule has 21 heavy (non-hydrogen) atoms. The van der Waals surface area contributed by atoms with Gasteiger partial charge in [0, 0.05) is 17.8 Å². The average Bonchev–Trinajstić information content (AvgIpc) is 2.93. The first-order chi connectivity index (χ1) is 10.2. The van der Waals surface area contributed by atoms with Crippen molar-refractivity contribution in [3.63, 3.8) is 0 Å². The second kappa shape index (κ2) is 8.66. The number of aliphatic hydroxyl groups is 1. The van der Waals surface area contributed by atoms with Gasteiger partial charge in [0.05, 0.1) is 0 Å². The Kier molecular flexibility index (Phi) is 6.87. The molecular formula is C17H27NO2S. The molecule has 2 rings (SSSR count). The summed E-state index contributed by atoms with van der Waals surface area (Å²) in [6, 6.07) is 8.48. The summed E-state index contributed by atoms with van der Waals surface area (Å²) in [6.45, 7) is 5.22. The number of hydrogen-bond donors (Lipinski definition) is 2. The predicted molar refractivity (Wildman–Crippen MR) is 90.2 cm³/mol. The summed E-state index contributed by atoms with van der Waals surface area (Å²) >= 11 is 2.06. The second-order valence-electron chi connectivity index (χ2n) is 5.77. The van der Waals surface area contributed by atoms with E-state index in [0.717, 1.165) is 11.0 Å². The van der Waals surface area contributed by atoms with E-state index in [0.29, 0.717) is 19.2 Å². The van der Waals surface area contributed by atoms with Crippen molar-refractivity contribution in [2.75, 3.05) is 18.9 Å². The van der Waals surface area contributed by atoms with E-state index in [1.807, 2.05) is 31.2 Å². The summed E-state index contributed by atoms with van der Waals surface area (Å²) in [5.74, 6) is 2.02. The van der Waals surface area contributed by atoms with Crippen LogP contribution in [0.25, 0.3) is 0 Å². The fourth-order valence-electron chi connectivity index (χ4n) is 2.70. The molecule has 0 heterocycles. The number of benzene rings is 1. The van der Waals surface area contributed by atoms with Crippen molar-refractivity contribution < 1.29 is 9.84 Å². The van der Waals surface area contributed by atoms with E-state index in [2.05, 4.69) is 24.0 Å². The minimum absolute atomic E-state index is 0.343. The number of ether oxygens (including phenoxy) is 1. The molecule has 0 aliphatic heterocycles. The van der Waals surface area contributed by atoms with Crippen LogP contribution in [-0.2, 0) is 0 Å². The number of hydrogen-bond acceptors (Lipinski definition) is 4. The van der Waals surface area contributed by atoms with Crippen LogP contribution in [0.15, 0.2) is 24.3 Å². The van der Waals surface area contributed by atoms with Crippen LogP contribution in [0.3, 0.4) is 0 Å². The third kappa shape index (κ3) is 5.89. The van der Waals surface area contributed by atoms with Crippen LogP contribution in [0.2, 0.25) is 0 Å². The molecular weight excluding hydrogens is 282 g/mol. The molecule has 1 aromatic rings. The molecule has 0 radical (unpaired) electrons. The topological polar surface area (TPSA) is 41.5 Å². The lowest BCUT2D eigenvalue weighted by atomic mass is 10.2. The minimum Gasteiger partial charge on any atom is -0.491 e. The molecule has 3 unspecified atom stereocenters. The maximum Gasteiger partial charge on any atom is 0.119 e. The Bertz CT molecular complexity index is 410. The molecule has 0 saturated heterocycles. The molecule has 3 nitrogen and oxygen atoms in total. The Labute approximate surface area is 132 Å². The van der Waals surface area contributed by atoms with Gasteiger partial charge in [0.1, 0.15) is 18.5 Å². The highest BCUT2D eigenvalue weighted by Gasteiger charge is 2.24. The van der Waals surface area contributed by atoms with Gasteiger partial charge >= 0.3 is 0 Å². The van der Waals surface area contributed by atoms with Gasteiger partial charge in [0.2, 0.25) is 0 Å². The van der Waals surface area contributed by atoms with E-state index >= 15 is 0 Å². The highest BCUT2D eigenvalue weighted by atomic mass is 32.2. The fraction of sp³-hybridized carbons (Fsp3) is 0.647. The summed E-state index contributed by atoms with van der Waals surface area (Å²) in [7, 11) is 0. The zero-order valence-corrected chi connectivity index (χ0v) is 13.9. The van der Waals surface area contributed by atoms with Crippen molar-refractivity contribution in [2.45, 2.75) is 50.5 Å². The van der Waals surface area contributed by atoms with E-state index < -0.39 is 6.10 Å². The molecule has 1 aromatic carbocycles. The molecule has 2 N–H and O–H groups in total. The Morgan fingerprint density at radius 3 is 2.81 bits per heavy atom. The van der Waals surface area contributed by atoms with E-state index in [9.17, 15) is 5.11 Å². The first-order valence-electron chi connectivity index (χ1n) is 7.90. The summed E-state index contributed by atoms with van der Waals surface area (Å²) in [6.07, 6.45) is 3.29. The molecule has 118 valence electrons. The summed E-state index contributed by atoms with van der Waals surface area (Å²) in [5.41, 5.74) is 1.21. The summed E-state index contributed by atoms with van der Waals surface area (Å²) < 4.78 is 5.60. The summed E-state index contributed by atoms with van der Waals surface area (Å²) in [4.78, 5) is 0. The van der Waals surface area contributed by atoms with Crippen LogP contribution in [0.5, 0.6) is 5.75 Å². The molecule has 0 spiro atoms. The van der Waals surface area contributed by atoms with Gasteiger partial charge in [0.25, 0.3) is 0 Å². The quantitative estimate of drug-likeness (QED) is 0.774. The number of aryl methyl sites for hydroxylation is 1. The van der Waals surface area contributed by atoms with Crippen molar-refractivity contribution >= 4 is 11.8 Å². The number of thioether (sulfide) groups is 1. The van der Waals surface area contributed by atoms with Crippen LogP contribution >= 0.6 is 11.8 Å². The van der Waals surface area contributed by atoms with Gasteiger partial charge < -0.3 is 15.2 Å². The Morgan fingerprint density at radius 2 is 2.10 bits per heavy atom. The monoisotopic (exact) mass is 309 g/mol. The Balaban J connectivity index is 1.61. The van der Waals surface area contributed by atoms with Crippen molar-refractivity contribution in [3.05, 3.63) is 29.8 Å². The first kappa shape index (κ1) is 16.7. The van der Waals surface area contributed by atoms with Gasteiger partial charge in [-0.3, -0.25) is 0 Å². The van der Waals surface area contributed by atoms with E-state index in [-0.39, 0.29) is 0 Å². The number of rotatable bonds is 8. The highest BCUT2D eigenvalue weighted by Crippen LogP contribution is 2.29. The highest BCUT2D eigenvalue weighted by molar-refractivity contribution is 7.99. The molecule has 4 heteroatoms. The summed E-state index contributed by atoms with van der Waals surface area (Å²) in [5, 5.41) is 14.3. The molecule has 0 aromatic heterocycles. The molecule has 1 fully saturated rings. The normalized spacial score (nSPS) is 23.2. The van der Waals surface area contributed by atoms with Crippen LogP contribution in [0, 0.1) is 6.92 Å². The second-order valence-corrected chi connectivity index (χ2v) is 7.35. The van der Waals surface area contributed by atoms with Gasteiger partial charge in [-0.1, -0.05) is 24.6 Å². The predicted octanol–water partition coefficient (Wildman–Crippen LogP) is 3.00. The maximum absolute atomic E-state index is 10.0. The SMILES string of the molecule is CCSC1CCC(NCC(O)COc2ccc(C)cc2)C1. The van der Waals surface area contributed by atoms with Crippen LogP contribution in [0.4, 0.5) is 0 Å². The lowest BCUT2D eigenvalue weighted by Gasteiger charge is -2.17. The number of nitrogens with one attached hydrogen (secondary N) is 1. The van der Waals surface area contributed by atoms with E-state index in [1.54, 1.807) is 0 Å². The van der Waals surface area contributed by atoms with Crippen molar-refractivity contribution in [1.29, 1.82) is 0 Å². The lowest BCUT2D eigenvalue weighted by molar-refractivity contribution is 0.104. The van der Waals surface area contributed by atoms with Gasteiger partial charge in [-0.25, -0.2) is 0 Å². The van der Waals surface area contributed by atoms with E-state index in [4.69, 9.17) is 4.74 Å². The largest absolute Gasteiger partial charge is 0.491 e. The first-order valence-corrected chi connectivity index (χ1v) is 8.94. The molecule has 0 bridgehead atoms. The lowest BCUT2D eigenvalue weighted by Crippen LogP contribution is -2.37. The standard InChI is InChI=1S/C17H27NO2S/c1-3-21-17-9-6-14(10-17)18-11-15(19)12-20-16-7-4-13(2)5-8-16/h4-5,7-8,14-15,17-19H,3,6,9-12H2,1-2H3. The number of aliphatic hydroxyl groups excluding tert-OH is 1. The molecule has 1 aliphatic rings. The van der Waals surface area contributed by atoms with Gasteiger partial charge in [-0.05, 0) is 44.1 Å². The molecule has 0 amide bonds. The Morgan fingerprint density at radius 1 is 1.33 bits per heavy atom. The van der Waals surface area contributed by atoms with E-state index in [1.165, 1.54) is 30.6 Å². The van der Waals surface area contributed by atoms with Crippen LogP contribution in [-0.4, -0.2) is 41.4 Å². The van der Waals surface area contributed by atoms with Crippen molar-refractivity contribution in [2.24, 2.45) is 0 Å². The Hall–Kier alpha value is -0.710. The minimum atomic E-state index is -0.454. The van der Waals surface area contributed by atoms with Crippen LogP contribution in [0.1, 0.15) is 31.7 Å². The zero-order chi connectivity index (χ0) is 15.1. The van der Waals surface area contributed by atoms with Gasteiger partial charge in [-0.2, -0.15) is 11.8 Å². The zero-order valence-electron chi connectivity index (χ0n) is 13.0. The third-order valence-corrected chi connectivity index (χ3v) is 5.13. The third-order valence-electron chi connectivity index (χ3n) is 3.89. The van der Waals surface area contributed by atoms with Gasteiger partial charge in [-0.15, -0.1) is 0 Å². The maximum atomic E-state index is 10.0. The molecule has 1 aliphatic carbocycles. The molecule has 1 saturated carbocycles. The van der Waals surface area contributed by atoms with Crippen molar-refractivity contribution in [3.8, 4) is 5.75 Å². The molecule has 3 atom stereocenters.